The molecule has 4 nitrogen and oxygen atoms in total. The highest BCUT2D eigenvalue weighted by Crippen LogP contribution is 2.22. The Morgan fingerprint density at radius 3 is 2.73 bits per heavy atom. The number of sulfonamides is 1. The van der Waals surface area contributed by atoms with Gasteiger partial charge in [-0.2, -0.15) is 0 Å². The van der Waals surface area contributed by atoms with Crippen LogP contribution in [0.2, 0.25) is 0 Å². The lowest BCUT2D eigenvalue weighted by Gasteiger charge is -2.07. The van der Waals surface area contributed by atoms with Gasteiger partial charge in [-0.1, -0.05) is 15.9 Å². The van der Waals surface area contributed by atoms with Crippen LogP contribution in [0.5, 0.6) is 5.75 Å². The molecule has 0 aliphatic heterocycles. The number of nitrogens with one attached hydrogen (secondary N) is 1. The van der Waals surface area contributed by atoms with E-state index in [9.17, 15) is 12.8 Å². The Kier molecular flexibility index (Phi) is 3.92. The molecule has 0 unspecified atom stereocenters. The number of anilines is 1. The van der Waals surface area contributed by atoms with Crippen molar-refractivity contribution in [3.05, 3.63) is 24.0 Å². The van der Waals surface area contributed by atoms with Crippen molar-refractivity contribution >= 4 is 31.6 Å². The average Bonchev–Trinajstić information content (AvgIpc) is 2.20. The molecule has 15 heavy (non-hydrogen) atoms. The lowest BCUT2D eigenvalue weighted by molar-refractivity contribution is 0.387. The van der Waals surface area contributed by atoms with Gasteiger partial charge in [0.25, 0.3) is 0 Å². The van der Waals surface area contributed by atoms with Crippen molar-refractivity contribution in [3.63, 3.8) is 0 Å². The Morgan fingerprint density at radius 2 is 2.20 bits per heavy atom. The number of hydrogen-bond acceptors (Lipinski definition) is 3. The maximum absolute atomic E-state index is 13.0. The van der Waals surface area contributed by atoms with Gasteiger partial charge in [0.05, 0.1) is 12.8 Å². The molecule has 0 saturated carbocycles. The standard InChI is InChI=1S/C8H9BrFNO3S/c1-14-8-4-6(2-3-7(8)10)11-15(12,13)5-9/h2-4,11H,5H2,1H3. The van der Waals surface area contributed by atoms with Gasteiger partial charge in [0.2, 0.25) is 10.0 Å². The van der Waals surface area contributed by atoms with E-state index in [1.54, 1.807) is 0 Å². The van der Waals surface area contributed by atoms with Crippen LogP contribution < -0.4 is 9.46 Å². The van der Waals surface area contributed by atoms with E-state index >= 15 is 0 Å². The molecule has 0 bridgehead atoms. The van der Waals surface area contributed by atoms with Crippen LogP contribution in [0.25, 0.3) is 0 Å². The second-order valence-electron chi connectivity index (χ2n) is 2.68. The molecule has 7 heteroatoms. The Morgan fingerprint density at radius 1 is 1.53 bits per heavy atom. The number of halogens is 2. The van der Waals surface area contributed by atoms with Crippen LogP contribution in [0, 0.1) is 5.82 Å². The molecule has 84 valence electrons. The second kappa shape index (κ2) is 4.80. The second-order valence-corrected chi connectivity index (χ2v) is 5.70. The summed E-state index contributed by atoms with van der Waals surface area (Å²) in [6.07, 6.45) is 0. The SMILES string of the molecule is COc1cc(NS(=O)(=O)CBr)ccc1F. The summed E-state index contributed by atoms with van der Waals surface area (Å²) >= 11 is 2.82. The Labute approximate surface area is 95.6 Å². The summed E-state index contributed by atoms with van der Waals surface area (Å²) in [5, 5.41) is 0. The normalized spacial score (nSPS) is 11.1. The zero-order valence-corrected chi connectivity index (χ0v) is 10.2. The van der Waals surface area contributed by atoms with E-state index in [4.69, 9.17) is 4.74 Å². The quantitative estimate of drug-likeness (QED) is 0.864. The molecule has 0 radical (unpaired) electrons. The smallest absolute Gasteiger partial charge is 0.242 e. The molecule has 0 fully saturated rings. The summed E-state index contributed by atoms with van der Waals surface area (Å²) in [6.45, 7) is 0. The van der Waals surface area contributed by atoms with Gasteiger partial charge in [0.1, 0.15) is 4.66 Å². The van der Waals surface area contributed by atoms with Crippen molar-refractivity contribution in [2.75, 3.05) is 16.5 Å². The van der Waals surface area contributed by atoms with Crippen LogP contribution in [0.4, 0.5) is 10.1 Å². The molecule has 0 spiro atoms. The summed E-state index contributed by atoms with van der Waals surface area (Å²) in [7, 11) is -2.11. The first kappa shape index (κ1) is 12.3. The molecule has 1 aromatic carbocycles. The van der Waals surface area contributed by atoms with Gasteiger partial charge < -0.3 is 4.74 Å². The number of alkyl halides is 1. The van der Waals surface area contributed by atoms with Crippen molar-refractivity contribution in [2.45, 2.75) is 0 Å². The first-order valence-electron chi connectivity index (χ1n) is 3.88. The van der Waals surface area contributed by atoms with Crippen LogP contribution in [0.15, 0.2) is 18.2 Å². The van der Waals surface area contributed by atoms with Crippen molar-refractivity contribution in [1.82, 2.24) is 0 Å². The molecule has 0 amide bonds. The maximum atomic E-state index is 13.0. The molecule has 1 aromatic rings. The van der Waals surface area contributed by atoms with Gasteiger partial charge in [0, 0.05) is 6.07 Å². The first-order valence-corrected chi connectivity index (χ1v) is 6.66. The van der Waals surface area contributed by atoms with E-state index < -0.39 is 15.8 Å². The number of benzene rings is 1. The Bertz CT molecular complexity index is 449. The molecule has 0 atom stereocenters. The Balaban J connectivity index is 2.98. The molecule has 0 heterocycles. The molecule has 0 aliphatic rings. The van der Waals surface area contributed by atoms with Crippen molar-refractivity contribution in [3.8, 4) is 5.75 Å². The molecule has 1 N–H and O–H groups in total. The van der Waals surface area contributed by atoms with Crippen LogP contribution in [0.3, 0.4) is 0 Å². The van der Waals surface area contributed by atoms with Gasteiger partial charge in [-0.05, 0) is 12.1 Å². The zero-order valence-electron chi connectivity index (χ0n) is 7.83. The molecule has 0 aromatic heterocycles. The maximum Gasteiger partial charge on any atom is 0.242 e. The lowest BCUT2D eigenvalue weighted by Crippen LogP contribution is -2.13. The highest BCUT2D eigenvalue weighted by molar-refractivity contribution is 9.10. The molecule has 1 rings (SSSR count). The van der Waals surface area contributed by atoms with E-state index in [0.717, 1.165) is 6.07 Å². The van der Waals surface area contributed by atoms with Crippen LogP contribution >= 0.6 is 15.9 Å². The summed E-state index contributed by atoms with van der Waals surface area (Å²) in [5.41, 5.74) is 0.257. The molecular formula is C8H9BrFNO3S. The highest BCUT2D eigenvalue weighted by atomic mass is 79.9. The zero-order chi connectivity index (χ0) is 11.5. The van der Waals surface area contributed by atoms with E-state index in [2.05, 4.69) is 20.7 Å². The van der Waals surface area contributed by atoms with Crippen LogP contribution in [0.1, 0.15) is 0 Å². The van der Waals surface area contributed by atoms with E-state index in [1.807, 2.05) is 0 Å². The van der Waals surface area contributed by atoms with E-state index in [0.29, 0.717) is 0 Å². The minimum atomic E-state index is -3.42. The monoisotopic (exact) mass is 297 g/mol. The fourth-order valence-corrected chi connectivity index (χ4v) is 1.81. The number of rotatable bonds is 4. The van der Waals surface area contributed by atoms with Crippen molar-refractivity contribution in [2.24, 2.45) is 0 Å². The minimum Gasteiger partial charge on any atom is -0.494 e. The molecule has 0 saturated heterocycles. The topological polar surface area (TPSA) is 55.4 Å². The summed E-state index contributed by atoms with van der Waals surface area (Å²) in [5.74, 6) is -0.552. The predicted molar refractivity (Wildman–Crippen MR) is 59.3 cm³/mol. The Hall–Kier alpha value is -0.820. The number of ether oxygens (including phenoxy) is 1. The fourth-order valence-electron chi connectivity index (χ4n) is 0.930. The number of methoxy groups -OCH3 is 1. The molecular weight excluding hydrogens is 289 g/mol. The van der Waals surface area contributed by atoms with Gasteiger partial charge in [-0.3, -0.25) is 4.72 Å². The highest BCUT2D eigenvalue weighted by Gasteiger charge is 2.10. The van der Waals surface area contributed by atoms with Crippen molar-refractivity contribution in [1.29, 1.82) is 0 Å². The summed E-state index contributed by atoms with van der Waals surface area (Å²) in [4.78, 5) is 0. The van der Waals surface area contributed by atoms with Gasteiger partial charge in [-0.15, -0.1) is 0 Å². The third-order valence-electron chi connectivity index (χ3n) is 1.57. The fraction of sp³-hybridized carbons (Fsp3) is 0.250. The van der Waals surface area contributed by atoms with Gasteiger partial charge >= 0.3 is 0 Å². The average molecular weight is 298 g/mol. The molecule has 0 aliphatic carbocycles. The third-order valence-corrected chi connectivity index (χ3v) is 4.21. The summed E-state index contributed by atoms with van der Waals surface area (Å²) < 4.78 is 42.0. The van der Waals surface area contributed by atoms with E-state index in [1.165, 1.54) is 19.2 Å². The first-order chi connectivity index (χ1) is 6.98. The third kappa shape index (κ3) is 3.35. The van der Waals surface area contributed by atoms with Gasteiger partial charge in [0.15, 0.2) is 11.6 Å². The predicted octanol–water partition coefficient (Wildman–Crippen LogP) is 1.93. The van der Waals surface area contributed by atoms with Crippen LogP contribution in [-0.2, 0) is 10.0 Å². The lowest BCUT2D eigenvalue weighted by atomic mass is 10.3. The number of hydrogen-bond donors (Lipinski definition) is 1. The van der Waals surface area contributed by atoms with Crippen LogP contribution in [-0.4, -0.2) is 20.2 Å². The van der Waals surface area contributed by atoms with Gasteiger partial charge in [-0.25, -0.2) is 12.8 Å². The van der Waals surface area contributed by atoms with E-state index in [-0.39, 0.29) is 16.1 Å². The largest absolute Gasteiger partial charge is 0.494 e. The summed E-state index contributed by atoms with van der Waals surface area (Å²) in [6, 6.07) is 3.72. The minimum absolute atomic E-state index is 0.00947. The van der Waals surface area contributed by atoms with Crippen molar-refractivity contribution < 1.29 is 17.5 Å².